The molecule has 0 spiro atoms. The molecule has 0 fully saturated rings. The molecule has 3 N–H and O–H groups in total. The number of aryl methyl sites for hydroxylation is 1. The average molecular weight is 303 g/mol. The van der Waals surface area contributed by atoms with Crippen LogP contribution >= 0.6 is 0 Å². The molecule has 0 amide bonds. The van der Waals surface area contributed by atoms with Gasteiger partial charge < -0.3 is 10.8 Å². The van der Waals surface area contributed by atoms with E-state index in [0.717, 1.165) is 44.1 Å². The molecule has 1 aromatic carbocycles. The van der Waals surface area contributed by atoms with Crippen LogP contribution in [0.3, 0.4) is 0 Å². The minimum atomic E-state index is -4.01. The van der Waals surface area contributed by atoms with Gasteiger partial charge >= 0.3 is 6.18 Å². The SMILES string of the molecule is Nc1ccc(O)c(CCCCCCCCCC(F)(F)F)c1. The predicted molar refractivity (Wildman–Crippen MR) is 79.2 cm³/mol. The molecule has 0 aliphatic carbocycles. The zero-order chi connectivity index (χ0) is 15.7. The lowest BCUT2D eigenvalue weighted by Crippen LogP contribution is -2.06. The molecule has 5 heteroatoms. The number of aromatic hydroxyl groups is 1. The first-order valence-corrected chi connectivity index (χ1v) is 7.52. The van der Waals surface area contributed by atoms with E-state index in [1.54, 1.807) is 18.2 Å². The Morgan fingerprint density at radius 1 is 0.905 bits per heavy atom. The van der Waals surface area contributed by atoms with Gasteiger partial charge in [0.15, 0.2) is 0 Å². The Balaban J connectivity index is 2.01. The summed E-state index contributed by atoms with van der Waals surface area (Å²) < 4.78 is 35.8. The Morgan fingerprint density at radius 3 is 2.10 bits per heavy atom. The molecule has 1 rings (SSSR count). The minimum absolute atomic E-state index is 0.237. The van der Waals surface area contributed by atoms with Crippen LogP contribution in [0, 0.1) is 0 Å². The summed E-state index contributed by atoms with van der Waals surface area (Å²) in [6.45, 7) is 0. The molecule has 0 heterocycles. The summed E-state index contributed by atoms with van der Waals surface area (Å²) in [5, 5.41) is 9.65. The van der Waals surface area contributed by atoms with E-state index in [0.29, 0.717) is 12.1 Å². The number of halogens is 3. The zero-order valence-electron chi connectivity index (χ0n) is 12.3. The number of alkyl halides is 3. The molecule has 0 aromatic heterocycles. The van der Waals surface area contributed by atoms with E-state index in [2.05, 4.69) is 0 Å². The van der Waals surface area contributed by atoms with Crippen LogP contribution in [0.2, 0.25) is 0 Å². The summed E-state index contributed by atoms with van der Waals surface area (Å²) in [5.41, 5.74) is 7.17. The molecule has 2 nitrogen and oxygen atoms in total. The summed E-state index contributed by atoms with van der Waals surface area (Å²) in [4.78, 5) is 0. The Labute approximate surface area is 124 Å². The summed E-state index contributed by atoms with van der Waals surface area (Å²) in [5.74, 6) is 0.274. The quantitative estimate of drug-likeness (QED) is 0.374. The first kappa shape index (κ1) is 17.7. The van der Waals surface area contributed by atoms with Crippen molar-refractivity contribution >= 4 is 5.69 Å². The molecule has 0 atom stereocenters. The van der Waals surface area contributed by atoms with Gasteiger partial charge in [-0.3, -0.25) is 0 Å². The monoisotopic (exact) mass is 303 g/mol. The highest BCUT2D eigenvalue weighted by atomic mass is 19.4. The zero-order valence-corrected chi connectivity index (χ0v) is 12.3. The first-order chi connectivity index (χ1) is 9.88. The van der Waals surface area contributed by atoms with Crippen molar-refractivity contribution in [3.63, 3.8) is 0 Å². The lowest BCUT2D eigenvalue weighted by molar-refractivity contribution is -0.135. The lowest BCUT2D eigenvalue weighted by atomic mass is 10.0. The molecule has 21 heavy (non-hydrogen) atoms. The van der Waals surface area contributed by atoms with Crippen LogP contribution in [0.4, 0.5) is 18.9 Å². The van der Waals surface area contributed by atoms with Crippen LogP contribution in [-0.4, -0.2) is 11.3 Å². The molecule has 1 aromatic rings. The number of phenols is 1. The van der Waals surface area contributed by atoms with E-state index >= 15 is 0 Å². The Kier molecular flexibility index (Phi) is 7.40. The van der Waals surface area contributed by atoms with E-state index < -0.39 is 12.6 Å². The number of hydrogen-bond acceptors (Lipinski definition) is 2. The Morgan fingerprint density at radius 2 is 1.48 bits per heavy atom. The standard InChI is InChI=1S/C16H24F3NO/c17-16(18,19)11-7-5-3-1-2-4-6-8-13-12-14(20)9-10-15(13)21/h9-10,12,21H,1-8,11,20H2. The topological polar surface area (TPSA) is 46.2 Å². The second-order valence-electron chi connectivity index (χ2n) is 5.48. The number of nitrogen functional groups attached to an aromatic ring is 1. The molecule has 120 valence electrons. The molecule has 0 aliphatic rings. The highest BCUT2D eigenvalue weighted by Crippen LogP contribution is 2.24. The molecule has 0 saturated carbocycles. The number of benzene rings is 1. The van der Waals surface area contributed by atoms with Gasteiger partial charge in [0, 0.05) is 12.1 Å². The maximum atomic E-state index is 11.9. The van der Waals surface area contributed by atoms with Crippen LogP contribution in [0.5, 0.6) is 5.75 Å². The van der Waals surface area contributed by atoms with E-state index in [1.807, 2.05) is 0 Å². The predicted octanol–water partition coefficient (Wildman–Crippen LogP) is 5.20. The number of hydrogen-bond donors (Lipinski definition) is 2. The van der Waals surface area contributed by atoms with Crippen LogP contribution in [0.15, 0.2) is 18.2 Å². The van der Waals surface area contributed by atoms with Crippen LogP contribution in [0.25, 0.3) is 0 Å². The number of anilines is 1. The van der Waals surface area contributed by atoms with Crippen molar-refractivity contribution in [1.29, 1.82) is 0 Å². The molecule has 0 radical (unpaired) electrons. The number of nitrogens with two attached hydrogens (primary N) is 1. The fourth-order valence-corrected chi connectivity index (χ4v) is 2.33. The fourth-order valence-electron chi connectivity index (χ4n) is 2.33. The van der Waals surface area contributed by atoms with Gasteiger partial charge in [-0.1, -0.05) is 32.1 Å². The van der Waals surface area contributed by atoms with Crippen molar-refractivity contribution in [2.75, 3.05) is 5.73 Å². The number of unbranched alkanes of at least 4 members (excludes halogenated alkanes) is 6. The summed E-state index contributed by atoms with van der Waals surface area (Å²) in [6, 6.07) is 5.05. The molecule has 0 bridgehead atoms. The van der Waals surface area contributed by atoms with E-state index in [-0.39, 0.29) is 12.2 Å². The van der Waals surface area contributed by atoms with Gasteiger partial charge in [0.05, 0.1) is 0 Å². The average Bonchev–Trinajstić information content (AvgIpc) is 2.39. The lowest BCUT2D eigenvalue weighted by Gasteiger charge is -2.07. The Hall–Kier alpha value is -1.39. The maximum absolute atomic E-state index is 11.9. The third-order valence-corrected chi connectivity index (χ3v) is 3.51. The van der Waals surface area contributed by atoms with E-state index in [1.165, 1.54) is 0 Å². The first-order valence-electron chi connectivity index (χ1n) is 7.52. The van der Waals surface area contributed by atoms with Crippen LogP contribution in [-0.2, 0) is 6.42 Å². The Bertz CT molecular complexity index is 418. The van der Waals surface area contributed by atoms with Crippen molar-refractivity contribution < 1.29 is 18.3 Å². The molecule has 0 saturated heterocycles. The summed E-state index contributed by atoms with van der Waals surface area (Å²) >= 11 is 0. The highest BCUT2D eigenvalue weighted by Gasteiger charge is 2.25. The van der Waals surface area contributed by atoms with Gasteiger partial charge in [-0.15, -0.1) is 0 Å². The summed E-state index contributed by atoms with van der Waals surface area (Å²) in [7, 11) is 0. The third-order valence-electron chi connectivity index (χ3n) is 3.51. The molecule has 0 unspecified atom stereocenters. The van der Waals surface area contributed by atoms with Gasteiger partial charge in [-0.05, 0) is 43.0 Å². The largest absolute Gasteiger partial charge is 0.508 e. The van der Waals surface area contributed by atoms with Crippen molar-refractivity contribution in [2.45, 2.75) is 64.0 Å². The van der Waals surface area contributed by atoms with E-state index in [9.17, 15) is 18.3 Å². The molecular weight excluding hydrogens is 279 g/mol. The van der Waals surface area contributed by atoms with Gasteiger partial charge in [0.25, 0.3) is 0 Å². The van der Waals surface area contributed by atoms with Crippen LogP contribution < -0.4 is 5.73 Å². The third kappa shape index (κ3) is 8.48. The second kappa shape index (κ2) is 8.80. The highest BCUT2D eigenvalue weighted by molar-refractivity contribution is 5.47. The second-order valence-corrected chi connectivity index (χ2v) is 5.48. The smallest absolute Gasteiger partial charge is 0.389 e. The van der Waals surface area contributed by atoms with Crippen molar-refractivity contribution in [1.82, 2.24) is 0 Å². The van der Waals surface area contributed by atoms with Gasteiger partial charge in [0.2, 0.25) is 0 Å². The van der Waals surface area contributed by atoms with Crippen molar-refractivity contribution in [3.05, 3.63) is 23.8 Å². The van der Waals surface area contributed by atoms with Gasteiger partial charge in [0.1, 0.15) is 5.75 Å². The minimum Gasteiger partial charge on any atom is -0.508 e. The number of phenolic OH excluding ortho intramolecular Hbond substituents is 1. The maximum Gasteiger partial charge on any atom is 0.389 e. The van der Waals surface area contributed by atoms with Crippen molar-refractivity contribution in [2.24, 2.45) is 0 Å². The molecular formula is C16H24F3NO. The summed E-state index contributed by atoms with van der Waals surface area (Å²) in [6.07, 6.45) is 1.82. The number of rotatable bonds is 9. The van der Waals surface area contributed by atoms with Gasteiger partial charge in [-0.2, -0.15) is 13.2 Å². The molecule has 0 aliphatic heterocycles. The fraction of sp³-hybridized carbons (Fsp3) is 0.625. The normalized spacial score (nSPS) is 11.8. The van der Waals surface area contributed by atoms with Crippen molar-refractivity contribution in [3.8, 4) is 5.75 Å². The van der Waals surface area contributed by atoms with E-state index in [4.69, 9.17) is 5.73 Å². The van der Waals surface area contributed by atoms with Crippen LogP contribution in [0.1, 0.15) is 56.9 Å². The van der Waals surface area contributed by atoms with Gasteiger partial charge in [-0.25, -0.2) is 0 Å².